The number of phosphoric ester groups is 1. The van der Waals surface area contributed by atoms with Crippen molar-refractivity contribution in [2.45, 2.75) is 6.73 Å². The van der Waals surface area contributed by atoms with Gasteiger partial charge in [-0.05, 0) is 0 Å². The van der Waals surface area contributed by atoms with Gasteiger partial charge in [-0.15, -0.1) is 0 Å². The number of hydrogen-bond acceptors (Lipinski definition) is 8. The van der Waals surface area contributed by atoms with Gasteiger partial charge in [-0.3, -0.25) is 9.13 Å². The van der Waals surface area contributed by atoms with Crippen molar-refractivity contribution in [2.75, 3.05) is 18.9 Å². The standard InChI is InChI=1S/C8H12N5O5P/c9-7-6-8(11-3-10-7)13(4-12-6)5-17-1-2-18-19(14,15)16/h3-4H,1-2,5H2,(H2,9,10,11)(H2,14,15,16)/p-1. The number of imidazole rings is 1. The van der Waals surface area contributed by atoms with Crippen molar-refractivity contribution in [3.63, 3.8) is 0 Å². The van der Waals surface area contributed by atoms with Gasteiger partial charge in [-0.25, -0.2) is 15.0 Å². The molecule has 3 N–H and O–H groups in total. The minimum absolute atomic E-state index is 0.0208. The SMILES string of the molecule is Nc1ncnc2c1ncn2COCCOP(=O)([O-])O. The summed E-state index contributed by atoms with van der Waals surface area (Å²) in [6.07, 6.45) is 2.78. The highest BCUT2D eigenvalue weighted by Gasteiger charge is 2.07. The number of rotatable bonds is 6. The highest BCUT2D eigenvalue weighted by Crippen LogP contribution is 2.29. The molecule has 0 aliphatic rings. The van der Waals surface area contributed by atoms with Crippen molar-refractivity contribution >= 4 is 24.8 Å². The van der Waals surface area contributed by atoms with Crippen LogP contribution in [0, 0.1) is 0 Å². The monoisotopic (exact) mass is 288 g/mol. The Hall–Kier alpha value is -1.58. The number of ether oxygens (including phenoxy) is 1. The lowest BCUT2D eigenvalue weighted by Gasteiger charge is -2.15. The lowest BCUT2D eigenvalue weighted by Crippen LogP contribution is -2.10. The molecule has 0 amide bonds. The zero-order valence-electron chi connectivity index (χ0n) is 9.67. The molecular formula is C8H11N5O5P-. The molecule has 0 saturated heterocycles. The van der Waals surface area contributed by atoms with E-state index >= 15 is 0 Å². The Bertz CT molecular complexity index is 611. The van der Waals surface area contributed by atoms with Crippen LogP contribution in [0.1, 0.15) is 0 Å². The molecule has 0 bridgehead atoms. The van der Waals surface area contributed by atoms with E-state index in [4.69, 9.17) is 15.4 Å². The molecule has 0 aliphatic heterocycles. The van der Waals surface area contributed by atoms with Crippen LogP contribution < -0.4 is 10.6 Å². The summed E-state index contributed by atoms with van der Waals surface area (Å²) in [6, 6.07) is 0. The lowest BCUT2D eigenvalue weighted by atomic mass is 10.5. The molecule has 11 heteroatoms. The number of fused-ring (bicyclic) bond motifs is 1. The fourth-order valence-electron chi connectivity index (χ4n) is 1.37. The van der Waals surface area contributed by atoms with Crippen LogP contribution >= 0.6 is 7.82 Å². The molecular weight excluding hydrogens is 277 g/mol. The Kier molecular flexibility index (Phi) is 4.08. The van der Waals surface area contributed by atoms with Crippen LogP contribution in [0.5, 0.6) is 0 Å². The zero-order chi connectivity index (χ0) is 13.9. The maximum Gasteiger partial charge on any atom is 0.265 e. The van der Waals surface area contributed by atoms with Gasteiger partial charge in [0.25, 0.3) is 7.82 Å². The Morgan fingerprint density at radius 1 is 1.42 bits per heavy atom. The van der Waals surface area contributed by atoms with E-state index in [9.17, 15) is 9.46 Å². The third-order valence-electron chi connectivity index (χ3n) is 2.14. The van der Waals surface area contributed by atoms with Crippen molar-refractivity contribution in [3.8, 4) is 0 Å². The van der Waals surface area contributed by atoms with Gasteiger partial charge >= 0.3 is 0 Å². The Labute approximate surface area is 107 Å². The van der Waals surface area contributed by atoms with E-state index in [-0.39, 0.29) is 25.8 Å². The Morgan fingerprint density at radius 3 is 2.95 bits per heavy atom. The van der Waals surface area contributed by atoms with Gasteiger partial charge in [0, 0.05) is 0 Å². The summed E-state index contributed by atoms with van der Waals surface area (Å²) >= 11 is 0. The van der Waals surface area contributed by atoms with E-state index in [1.165, 1.54) is 12.7 Å². The third-order valence-corrected chi connectivity index (χ3v) is 2.65. The fraction of sp³-hybridized carbons (Fsp3) is 0.375. The average molecular weight is 288 g/mol. The highest BCUT2D eigenvalue weighted by atomic mass is 31.2. The first-order valence-corrected chi connectivity index (χ1v) is 6.64. The highest BCUT2D eigenvalue weighted by molar-refractivity contribution is 7.44. The van der Waals surface area contributed by atoms with Crippen LogP contribution in [0.3, 0.4) is 0 Å². The topological polar surface area (TPSA) is 148 Å². The van der Waals surface area contributed by atoms with Gasteiger partial charge < -0.3 is 24.8 Å². The summed E-state index contributed by atoms with van der Waals surface area (Å²) < 4.78 is 21.1. The first-order valence-electron chi connectivity index (χ1n) is 5.15. The second kappa shape index (κ2) is 5.59. The minimum Gasteiger partial charge on any atom is -0.756 e. The van der Waals surface area contributed by atoms with Crippen molar-refractivity contribution in [1.82, 2.24) is 19.5 Å². The number of phosphoric acid groups is 1. The van der Waals surface area contributed by atoms with Crippen LogP contribution in [0.15, 0.2) is 12.7 Å². The van der Waals surface area contributed by atoms with Gasteiger partial charge in [0.1, 0.15) is 18.6 Å². The Balaban J connectivity index is 1.89. The number of nitrogen functional groups attached to an aromatic ring is 1. The summed E-state index contributed by atoms with van der Waals surface area (Å²) in [6.45, 7) is -0.209. The molecule has 0 fully saturated rings. The second-order valence-corrected chi connectivity index (χ2v) is 4.68. The lowest BCUT2D eigenvalue weighted by molar-refractivity contribution is -0.220. The molecule has 2 aromatic heterocycles. The van der Waals surface area contributed by atoms with E-state index in [2.05, 4.69) is 19.5 Å². The van der Waals surface area contributed by atoms with Crippen LogP contribution in [-0.4, -0.2) is 37.6 Å². The van der Waals surface area contributed by atoms with Gasteiger partial charge in [0.15, 0.2) is 11.5 Å². The molecule has 0 aliphatic carbocycles. The van der Waals surface area contributed by atoms with Gasteiger partial charge in [0.05, 0.1) is 19.5 Å². The van der Waals surface area contributed by atoms with E-state index < -0.39 is 7.82 Å². The maximum absolute atomic E-state index is 10.3. The molecule has 104 valence electrons. The van der Waals surface area contributed by atoms with Crippen LogP contribution in [0.4, 0.5) is 5.82 Å². The number of nitrogens with two attached hydrogens (primary N) is 1. The van der Waals surface area contributed by atoms with Crippen molar-refractivity contribution < 1.29 is 23.6 Å². The van der Waals surface area contributed by atoms with Crippen molar-refractivity contribution in [3.05, 3.63) is 12.7 Å². The number of hydrogen-bond donors (Lipinski definition) is 2. The molecule has 0 spiro atoms. The summed E-state index contributed by atoms with van der Waals surface area (Å²) in [5.74, 6) is 0.264. The second-order valence-electron chi connectivity index (χ2n) is 3.48. The molecule has 10 nitrogen and oxygen atoms in total. The molecule has 0 radical (unpaired) electrons. The van der Waals surface area contributed by atoms with E-state index in [0.717, 1.165) is 0 Å². The molecule has 1 unspecified atom stereocenters. The number of aromatic nitrogens is 4. The normalized spacial score (nSPS) is 14.6. The molecule has 19 heavy (non-hydrogen) atoms. The van der Waals surface area contributed by atoms with E-state index in [1.807, 2.05) is 0 Å². The summed E-state index contributed by atoms with van der Waals surface area (Å²) in [7, 11) is -4.70. The number of anilines is 1. The smallest absolute Gasteiger partial charge is 0.265 e. The predicted octanol–water partition coefficient (Wildman–Crippen LogP) is -1.14. The van der Waals surface area contributed by atoms with Crippen LogP contribution in [0.25, 0.3) is 11.2 Å². The molecule has 0 saturated carbocycles. The molecule has 0 aromatic carbocycles. The predicted molar refractivity (Wildman–Crippen MR) is 61.5 cm³/mol. The van der Waals surface area contributed by atoms with Crippen molar-refractivity contribution in [2.24, 2.45) is 0 Å². The minimum atomic E-state index is -4.70. The molecule has 2 rings (SSSR count). The summed E-state index contributed by atoms with van der Waals surface area (Å²) in [5, 5.41) is 0. The van der Waals surface area contributed by atoms with E-state index in [0.29, 0.717) is 11.2 Å². The largest absolute Gasteiger partial charge is 0.756 e. The van der Waals surface area contributed by atoms with Crippen LogP contribution in [0.2, 0.25) is 0 Å². The Morgan fingerprint density at radius 2 is 2.21 bits per heavy atom. The van der Waals surface area contributed by atoms with Gasteiger partial charge in [-0.1, -0.05) is 0 Å². The molecule has 2 heterocycles. The summed E-state index contributed by atoms with van der Waals surface area (Å²) in [4.78, 5) is 30.5. The average Bonchev–Trinajstić information content (AvgIpc) is 2.72. The quantitative estimate of drug-likeness (QED) is 0.496. The maximum atomic E-state index is 10.3. The molecule has 2 aromatic rings. The summed E-state index contributed by atoms with van der Waals surface area (Å²) in [5.41, 5.74) is 6.58. The van der Waals surface area contributed by atoms with Gasteiger partial charge in [-0.2, -0.15) is 0 Å². The third kappa shape index (κ3) is 3.69. The first-order chi connectivity index (χ1) is 8.97. The van der Waals surface area contributed by atoms with Crippen molar-refractivity contribution in [1.29, 1.82) is 0 Å². The zero-order valence-corrected chi connectivity index (χ0v) is 10.6. The van der Waals surface area contributed by atoms with Crippen LogP contribution in [-0.2, 0) is 20.6 Å². The molecule has 1 atom stereocenters. The first kappa shape index (κ1) is 13.8. The number of nitrogens with zero attached hydrogens (tertiary/aromatic N) is 4. The van der Waals surface area contributed by atoms with Gasteiger partial charge in [0.2, 0.25) is 0 Å². The fourth-order valence-corrected chi connectivity index (χ4v) is 1.67. The van der Waals surface area contributed by atoms with E-state index in [1.54, 1.807) is 4.57 Å².